The minimum Gasteiger partial charge on any atom is -0.442 e. The molecule has 0 bridgehead atoms. The Morgan fingerprint density at radius 2 is 2.03 bits per heavy atom. The molecule has 3 atom stereocenters. The second-order valence-corrected chi connectivity index (χ2v) is 8.70. The topological polar surface area (TPSA) is 150 Å². The van der Waals surface area contributed by atoms with Crippen molar-refractivity contribution in [1.29, 1.82) is 10.5 Å². The summed E-state index contributed by atoms with van der Waals surface area (Å²) >= 11 is 0. The van der Waals surface area contributed by atoms with Crippen molar-refractivity contribution in [3.63, 3.8) is 0 Å². The number of rotatable bonds is 6. The summed E-state index contributed by atoms with van der Waals surface area (Å²) in [5, 5.41) is 26.2. The van der Waals surface area contributed by atoms with Gasteiger partial charge in [0.1, 0.15) is 17.0 Å². The number of hydrogen-bond donors (Lipinski definition) is 2. The molecule has 2 amide bonds. The number of likely N-dealkylation sites (tertiary alicyclic amines) is 1. The average Bonchev–Trinajstić information content (AvgIpc) is 3.42. The van der Waals surface area contributed by atoms with E-state index in [9.17, 15) is 19.2 Å². The van der Waals surface area contributed by atoms with Crippen LogP contribution < -0.4 is 11.1 Å². The fourth-order valence-corrected chi connectivity index (χ4v) is 4.31. The van der Waals surface area contributed by atoms with Crippen LogP contribution in [0.5, 0.6) is 0 Å². The summed E-state index contributed by atoms with van der Waals surface area (Å²) in [5.41, 5.74) is 5.43. The van der Waals surface area contributed by atoms with Gasteiger partial charge in [0.25, 0.3) is 5.91 Å². The zero-order valence-corrected chi connectivity index (χ0v) is 18.6. The number of nitrogens with one attached hydrogen (secondary N) is 1. The first kappa shape index (κ1) is 23.1. The Hall–Kier alpha value is -4.12. The lowest BCUT2D eigenvalue weighted by molar-refractivity contribution is 0.0167. The van der Waals surface area contributed by atoms with Crippen LogP contribution >= 0.6 is 0 Å². The molecule has 3 unspecified atom stereocenters. The maximum atomic E-state index is 13.2. The van der Waals surface area contributed by atoms with Gasteiger partial charge in [0.15, 0.2) is 5.82 Å². The van der Waals surface area contributed by atoms with Crippen molar-refractivity contribution in [3.05, 3.63) is 41.8 Å². The van der Waals surface area contributed by atoms with Gasteiger partial charge in [-0.1, -0.05) is 0 Å². The van der Waals surface area contributed by atoms with E-state index in [1.54, 1.807) is 6.92 Å². The lowest BCUT2D eigenvalue weighted by Gasteiger charge is -2.41. The number of aromatic nitrogens is 2. The quantitative estimate of drug-likeness (QED) is 0.665. The van der Waals surface area contributed by atoms with Crippen LogP contribution in [0.15, 0.2) is 30.5 Å². The van der Waals surface area contributed by atoms with E-state index in [0.29, 0.717) is 31.5 Å². The van der Waals surface area contributed by atoms with E-state index in [0.717, 1.165) is 0 Å². The van der Waals surface area contributed by atoms with Crippen molar-refractivity contribution >= 4 is 23.5 Å². The Balaban J connectivity index is 1.61. The van der Waals surface area contributed by atoms with Crippen LogP contribution in [-0.4, -0.2) is 44.9 Å². The zero-order chi connectivity index (χ0) is 24.5. The summed E-state index contributed by atoms with van der Waals surface area (Å²) in [5.74, 6) is -1.45. The molecule has 10 nitrogen and oxygen atoms in total. The molecule has 2 aromatic rings. The van der Waals surface area contributed by atoms with Crippen molar-refractivity contribution in [1.82, 2.24) is 14.7 Å². The third-order valence-electron chi connectivity index (χ3n) is 6.40. The fraction of sp³-hybridized carbons (Fsp3) is 0.435. The zero-order valence-electron chi connectivity index (χ0n) is 18.6. The van der Waals surface area contributed by atoms with Gasteiger partial charge >= 0.3 is 6.09 Å². The molecule has 1 saturated heterocycles. The van der Waals surface area contributed by atoms with E-state index < -0.39 is 41.4 Å². The molecular formula is C23H24FN7O3. The summed E-state index contributed by atoms with van der Waals surface area (Å²) in [6.07, 6.45) is 2.75. The number of anilines is 2. The molecule has 1 aliphatic carbocycles. The predicted octanol–water partition coefficient (Wildman–Crippen LogP) is 3.22. The van der Waals surface area contributed by atoms with Gasteiger partial charge in [-0.15, -0.1) is 0 Å². The Morgan fingerprint density at radius 1 is 1.32 bits per heavy atom. The van der Waals surface area contributed by atoms with Crippen molar-refractivity contribution in [2.24, 2.45) is 11.7 Å². The van der Waals surface area contributed by atoms with E-state index >= 15 is 0 Å². The first-order valence-corrected chi connectivity index (χ1v) is 10.9. The normalized spacial score (nSPS) is 22.8. The molecule has 2 aliphatic rings. The minimum absolute atomic E-state index is 0.0962. The minimum atomic E-state index is -0.726. The highest BCUT2D eigenvalue weighted by atomic mass is 19.1. The SMILES string of the molecule is CC1C(n2cc(C(N)=O)c(Nc3ccc(F)cc3)n2)C(C#N)CCN1C(=O)OC1(CC#N)CC1. The number of halogens is 1. The van der Waals surface area contributed by atoms with Gasteiger partial charge in [-0.2, -0.15) is 15.6 Å². The Morgan fingerprint density at radius 3 is 2.62 bits per heavy atom. The molecule has 11 heteroatoms. The molecule has 2 heterocycles. The van der Waals surface area contributed by atoms with Crippen LogP contribution in [0.1, 0.15) is 49.0 Å². The number of nitriles is 2. The largest absolute Gasteiger partial charge is 0.442 e. The van der Waals surface area contributed by atoms with Gasteiger partial charge in [-0.3, -0.25) is 9.48 Å². The van der Waals surface area contributed by atoms with Crippen LogP contribution in [0.2, 0.25) is 0 Å². The molecular weight excluding hydrogens is 441 g/mol. The number of piperidine rings is 1. The van der Waals surface area contributed by atoms with Crippen LogP contribution in [0.25, 0.3) is 0 Å². The molecule has 1 aromatic carbocycles. The number of ether oxygens (including phenoxy) is 1. The third-order valence-corrected chi connectivity index (χ3v) is 6.40. The van der Waals surface area contributed by atoms with E-state index in [1.165, 1.54) is 40.0 Å². The highest BCUT2D eigenvalue weighted by Gasteiger charge is 2.49. The Labute approximate surface area is 195 Å². The fourth-order valence-electron chi connectivity index (χ4n) is 4.31. The number of nitrogens with two attached hydrogens (primary N) is 1. The highest BCUT2D eigenvalue weighted by molar-refractivity contribution is 5.98. The monoisotopic (exact) mass is 465 g/mol. The van der Waals surface area contributed by atoms with Crippen molar-refractivity contribution in [3.8, 4) is 12.1 Å². The van der Waals surface area contributed by atoms with Crippen LogP contribution in [-0.2, 0) is 4.74 Å². The number of hydrogen-bond acceptors (Lipinski definition) is 7. The predicted molar refractivity (Wildman–Crippen MR) is 118 cm³/mol. The van der Waals surface area contributed by atoms with E-state index in [2.05, 4.69) is 22.6 Å². The number of carbonyl (C=O) groups is 2. The summed E-state index contributed by atoms with van der Waals surface area (Å²) < 4.78 is 20.4. The smallest absolute Gasteiger partial charge is 0.410 e. The molecule has 0 radical (unpaired) electrons. The van der Waals surface area contributed by atoms with Crippen LogP contribution in [0.4, 0.5) is 20.7 Å². The Kier molecular flexibility index (Phi) is 6.12. The molecule has 4 rings (SSSR count). The second-order valence-electron chi connectivity index (χ2n) is 8.70. The number of primary amides is 1. The summed E-state index contributed by atoms with van der Waals surface area (Å²) in [6, 6.07) is 8.80. The number of nitrogens with zero attached hydrogens (tertiary/aromatic N) is 5. The number of carbonyl (C=O) groups excluding carboxylic acids is 2. The second kappa shape index (κ2) is 9.02. The molecule has 176 valence electrons. The lowest BCUT2D eigenvalue weighted by atomic mass is 9.87. The number of benzene rings is 1. The van der Waals surface area contributed by atoms with Crippen molar-refractivity contribution < 1.29 is 18.7 Å². The maximum absolute atomic E-state index is 13.2. The van der Waals surface area contributed by atoms with E-state index in [-0.39, 0.29) is 17.8 Å². The van der Waals surface area contributed by atoms with Gasteiger partial charge in [0.2, 0.25) is 0 Å². The Bertz CT molecular complexity index is 1180. The van der Waals surface area contributed by atoms with Gasteiger partial charge in [-0.25, -0.2) is 9.18 Å². The molecule has 2 fully saturated rings. The van der Waals surface area contributed by atoms with Crippen LogP contribution in [0.3, 0.4) is 0 Å². The summed E-state index contributed by atoms with van der Waals surface area (Å²) in [7, 11) is 0. The average molecular weight is 465 g/mol. The standard InChI is InChI=1S/C23H24FN7O3/c1-14-19(15(12-26)6-11-30(14)22(33)34-23(7-8-23)9-10-25)31-13-18(20(27)32)21(29-31)28-17-4-2-16(24)3-5-17/h2-5,13-15,19H,6-9,11H2,1H3,(H2,27,32)(H,28,29). The van der Waals surface area contributed by atoms with E-state index in [1.807, 2.05) is 0 Å². The molecule has 34 heavy (non-hydrogen) atoms. The molecule has 3 N–H and O–H groups in total. The van der Waals surface area contributed by atoms with Crippen molar-refractivity contribution in [2.75, 3.05) is 11.9 Å². The van der Waals surface area contributed by atoms with E-state index in [4.69, 9.17) is 15.7 Å². The van der Waals surface area contributed by atoms with Crippen LogP contribution in [0, 0.1) is 34.4 Å². The van der Waals surface area contributed by atoms with Gasteiger partial charge in [-0.05, 0) is 50.5 Å². The number of amides is 2. The molecule has 0 spiro atoms. The van der Waals surface area contributed by atoms with Crippen molar-refractivity contribution in [2.45, 2.75) is 50.3 Å². The highest BCUT2D eigenvalue weighted by Crippen LogP contribution is 2.44. The van der Waals surface area contributed by atoms with Gasteiger partial charge < -0.3 is 20.7 Å². The lowest BCUT2D eigenvalue weighted by Crippen LogP contribution is -2.51. The maximum Gasteiger partial charge on any atom is 0.410 e. The van der Waals surface area contributed by atoms with Gasteiger partial charge in [0.05, 0.1) is 36.6 Å². The summed E-state index contributed by atoms with van der Waals surface area (Å²) in [4.78, 5) is 26.5. The summed E-state index contributed by atoms with van der Waals surface area (Å²) in [6.45, 7) is 2.11. The molecule has 1 aromatic heterocycles. The van der Waals surface area contributed by atoms with Gasteiger partial charge in [0, 0.05) is 18.4 Å². The first-order valence-electron chi connectivity index (χ1n) is 10.9. The third kappa shape index (κ3) is 4.50. The first-order chi connectivity index (χ1) is 16.3. The molecule has 1 aliphatic heterocycles. The molecule has 1 saturated carbocycles.